The molecule has 0 aliphatic heterocycles. The lowest BCUT2D eigenvalue weighted by atomic mass is 10.2. The van der Waals surface area contributed by atoms with Crippen LogP contribution in [0, 0.1) is 0 Å². The van der Waals surface area contributed by atoms with Gasteiger partial charge in [-0.3, -0.25) is 0 Å². The first-order valence-electron chi connectivity index (χ1n) is 7.38. The standard InChI is InChI=1S/C16H23N5O2.HI/c1-5-14-13(15(23-4)21(2)20-14)10-18-16(17)19-11-6-8-12(22-3)9-7-11;/h6-9H,5,10H2,1-4H3,(H3,17,18,19);1H. The number of nitrogens with zero attached hydrogens (tertiary/aromatic N) is 3. The Bertz CT molecular complexity index is 683. The van der Waals surface area contributed by atoms with E-state index in [1.165, 1.54) is 0 Å². The number of nitrogens with two attached hydrogens (primary N) is 1. The molecule has 1 aromatic heterocycles. The molecule has 0 bridgehead atoms. The van der Waals surface area contributed by atoms with Gasteiger partial charge in [-0.05, 0) is 30.7 Å². The molecule has 3 N–H and O–H groups in total. The summed E-state index contributed by atoms with van der Waals surface area (Å²) < 4.78 is 12.2. The smallest absolute Gasteiger partial charge is 0.216 e. The number of rotatable bonds is 6. The molecule has 0 saturated carbocycles. The van der Waals surface area contributed by atoms with E-state index in [4.69, 9.17) is 15.2 Å². The van der Waals surface area contributed by atoms with Gasteiger partial charge in [0.25, 0.3) is 0 Å². The molecule has 0 fully saturated rings. The van der Waals surface area contributed by atoms with Crippen LogP contribution in [0.4, 0.5) is 5.69 Å². The summed E-state index contributed by atoms with van der Waals surface area (Å²) in [4.78, 5) is 4.38. The van der Waals surface area contributed by atoms with Crippen LogP contribution in [0.3, 0.4) is 0 Å². The second kappa shape index (κ2) is 9.36. The van der Waals surface area contributed by atoms with Crippen LogP contribution in [0.15, 0.2) is 29.3 Å². The fourth-order valence-electron chi connectivity index (χ4n) is 2.33. The molecule has 1 heterocycles. The van der Waals surface area contributed by atoms with E-state index in [0.717, 1.165) is 29.1 Å². The molecule has 0 atom stereocenters. The third-order valence-electron chi connectivity index (χ3n) is 3.47. The zero-order valence-electron chi connectivity index (χ0n) is 14.4. The number of hydrogen-bond donors (Lipinski definition) is 2. The summed E-state index contributed by atoms with van der Waals surface area (Å²) in [5.41, 5.74) is 8.72. The minimum atomic E-state index is 0. The van der Waals surface area contributed by atoms with Gasteiger partial charge in [0.2, 0.25) is 5.88 Å². The second-order valence-electron chi connectivity index (χ2n) is 4.97. The Hall–Kier alpha value is -1.97. The maximum atomic E-state index is 5.95. The van der Waals surface area contributed by atoms with Gasteiger partial charge >= 0.3 is 0 Å². The first-order valence-corrected chi connectivity index (χ1v) is 7.38. The summed E-state index contributed by atoms with van der Waals surface area (Å²) in [7, 11) is 5.11. The molecular weight excluding hydrogens is 421 g/mol. The van der Waals surface area contributed by atoms with Crippen LogP contribution in [-0.4, -0.2) is 30.0 Å². The van der Waals surface area contributed by atoms with Gasteiger partial charge in [-0.2, -0.15) is 5.10 Å². The molecule has 1 aromatic carbocycles. The van der Waals surface area contributed by atoms with Gasteiger partial charge < -0.3 is 20.5 Å². The van der Waals surface area contributed by atoms with Gasteiger partial charge in [0.1, 0.15) is 5.75 Å². The van der Waals surface area contributed by atoms with E-state index in [-0.39, 0.29) is 24.0 Å². The van der Waals surface area contributed by atoms with Crippen LogP contribution in [-0.2, 0) is 20.0 Å². The molecule has 0 radical (unpaired) electrons. The average molecular weight is 445 g/mol. The number of halogens is 1. The summed E-state index contributed by atoms with van der Waals surface area (Å²) in [6.45, 7) is 2.46. The molecule has 0 aliphatic carbocycles. The molecule has 132 valence electrons. The van der Waals surface area contributed by atoms with Crippen LogP contribution < -0.4 is 20.5 Å². The lowest BCUT2D eigenvalue weighted by molar-refractivity contribution is 0.369. The van der Waals surface area contributed by atoms with Crippen molar-refractivity contribution in [1.29, 1.82) is 0 Å². The lowest BCUT2D eigenvalue weighted by Gasteiger charge is -2.07. The van der Waals surface area contributed by atoms with Gasteiger partial charge in [-0.1, -0.05) is 6.92 Å². The van der Waals surface area contributed by atoms with Gasteiger partial charge in [-0.15, -0.1) is 24.0 Å². The summed E-state index contributed by atoms with van der Waals surface area (Å²) in [6.07, 6.45) is 0.813. The van der Waals surface area contributed by atoms with Crippen LogP contribution in [0.2, 0.25) is 0 Å². The van der Waals surface area contributed by atoms with Crippen LogP contribution in [0.1, 0.15) is 18.2 Å². The molecule has 0 spiro atoms. The highest BCUT2D eigenvalue weighted by molar-refractivity contribution is 14.0. The van der Waals surface area contributed by atoms with Crippen molar-refractivity contribution < 1.29 is 9.47 Å². The molecule has 0 saturated heterocycles. The number of nitrogens with one attached hydrogen (secondary N) is 1. The van der Waals surface area contributed by atoms with Gasteiger partial charge in [0.05, 0.1) is 32.0 Å². The van der Waals surface area contributed by atoms with Crippen molar-refractivity contribution in [1.82, 2.24) is 9.78 Å². The van der Waals surface area contributed by atoms with Crippen LogP contribution >= 0.6 is 24.0 Å². The summed E-state index contributed by atoms with van der Waals surface area (Å²) in [5, 5.41) is 7.48. The molecule has 8 heteroatoms. The van der Waals surface area contributed by atoms with Crippen molar-refractivity contribution in [2.45, 2.75) is 19.9 Å². The van der Waals surface area contributed by atoms with Crippen molar-refractivity contribution >= 4 is 35.6 Å². The predicted molar refractivity (Wildman–Crippen MR) is 106 cm³/mol. The third-order valence-corrected chi connectivity index (χ3v) is 3.47. The monoisotopic (exact) mass is 445 g/mol. The van der Waals surface area contributed by atoms with E-state index in [1.54, 1.807) is 18.9 Å². The van der Waals surface area contributed by atoms with Crippen LogP contribution in [0.25, 0.3) is 0 Å². The van der Waals surface area contributed by atoms with E-state index in [9.17, 15) is 0 Å². The minimum absolute atomic E-state index is 0. The van der Waals surface area contributed by atoms with E-state index >= 15 is 0 Å². The number of guanidine groups is 1. The second-order valence-corrected chi connectivity index (χ2v) is 4.97. The maximum Gasteiger partial charge on any atom is 0.216 e. The minimum Gasteiger partial charge on any atom is -0.497 e. The van der Waals surface area contributed by atoms with Crippen molar-refractivity contribution in [3.05, 3.63) is 35.5 Å². The molecule has 24 heavy (non-hydrogen) atoms. The Morgan fingerprint density at radius 2 is 1.92 bits per heavy atom. The number of methoxy groups -OCH3 is 2. The van der Waals surface area contributed by atoms with Gasteiger partial charge in [0, 0.05) is 12.7 Å². The Kier molecular flexibility index (Phi) is 7.83. The summed E-state index contributed by atoms with van der Waals surface area (Å²) in [6, 6.07) is 7.47. The highest BCUT2D eigenvalue weighted by atomic mass is 127. The lowest BCUT2D eigenvalue weighted by Crippen LogP contribution is -2.22. The molecular formula is C16H24IN5O2. The zero-order chi connectivity index (χ0) is 16.8. The predicted octanol–water partition coefficient (Wildman–Crippen LogP) is 2.54. The van der Waals surface area contributed by atoms with Crippen molar-refractivity contribution in [3.63, 3.8) is 0 Å². The first-order chi connectivity index (χ1) is 11.1. The summed E-state index contributed by atoms with van der Waals surface area (Å²) >= 11 is 0. The third kappa shape index (κ3) is 4.76. The van der Waals surface area contributed by atoms with E-state index in [2.05, 4.69) is 15.4 Å². The fraction of sp³-hybridized carbons (Fsp3) is 0.375. The highest BCUT2D eigenvalue weighted by Gasteiger charge is 2.15. The largest absolute Gasteiger partial charge is 0.497 e. The molecule has 2 aromatic rings. The maximum absolute atomic E-state index is 5.95. The Morgan fingerprint density at radius 1 is 1.25 bits per heavy atom. The molecule has 0 aliphatic rings. The topological polar surface area (TPSA) is 86.7 Å². The SMILES string of the molecule is CCc1nn(C)c(OC)c1CN=C(N)Nc1ccc(OC)cc1.I. The molecule has 0 unspecified atom stereocenters. The van der Waals surface area contributed by atoms with Gasteiger partial charge in [0.15, 0.2) is 5.96 Å². The first kappa shape index (κ1) is 20.1. The van der Waals surface area contributed by atoms with Crippen molar-refractivity contribution in [2.75, 3.05) is 19.5 Å². The van der Waals surface area contributed by atoms with E-state index in [1.807, 2.05) is 38.2 Å². The van der Waals surface area contributed by atoms with Gasteiger partial charge in [-0.25, -0.2) is 9.67 Å². The van der Waals surface area contributed by atoms with E-state index < -0.39 is 0 Å². The van der Waals surface area contributed by atoms with Crippen molar-refractivity contribution in [3.8, 4) is 11.6 Å². The number of anilines is 1. The number of ether oxygens (including phenoxy) is 2. The average Bonchev–Trinajstić information content (AvgIpc) is 2.88. The Morgan fingerprint density at radius 3 is 2.46 bits per heavy atom. The number of aliphatic imine (C=N–C) groups is 1. The normalized spacial score (nSPS) is 10.9. The fourth-order valence-corrected chi connectivity index (χ4v) is 2.33. The number of aryl methyl sites for hydroxylation is 2. The Labute approximate surface area is 159 Å². The van der Waals surface area contributed by atoms with E-state index in [0.29, 0.717) is 18.4 Å². The molecule has 0 amide bonds. The summed E-state index contributed by atoms with van der Waals surface area (Å²) in [5.74, 6) is 1.84. The molecule has 2 rings (SSSR count). The van der Waals surface area contributed by atoms with Crippen LogP contribution in [0.5, 0.6) is 11.6 Å². The quantitative estimate of drug-likeness (QED) is 0.406. The molecule has 7 nitrogen and oxygen atoms in total. The Balaban J connectivity index is 0.00000288. The highest BCUT2D eigenvalue weighted by Crippen LogP contribution is 2.23. The number of aromatic nitrogens is 2. The number of benzene rings is 1. The number of hydrogen-bond acceptors (Lipinski definition) is 4. The van der Waals surface area contributed by atoms with Crippen molar-refractivity contribution in [2.24, 2.45) is 17.8 Å². The zero-order valence-corrected chi connectivity index (χ0v) is 16.7.